The summed E-state index contributed by atoms with van der Waals surface area (Å²) in [6.07, 6.45) is 3.52. The van der Waals surface area contributed by atoms with Crippen molar-refractivity contribution in [2.75, 3.05) is 7.11 Å². The molecule has 0 saturated carbocycles. The van der Waals surface area contributed by atoms with Gasteiger partial charge in [0.15, 0.2) is 0 Å². The number of hydrogen-bond donors (Lipinski definition) is 1. The Morgan fingerprint density at radius 1 is 1.27 bits per heavy atom. The van der Waals surface area contributed by atoms with Gasteiger partial charge in [0.2, 0.25) is 0 Å². The van der Waals surface area contributed by atoms with Gasteiger partial charge in [0, 0.05) is 11.8 Å². The summed E-state index contributed by atoms with van der Waals surface area (Å²) >= 11 is 6.27. The average molecular weight is 223 g/mol. The van der Waals surface area contributed by atoms with Crippen LogP contribution in [-0.4, -0.2) is 17.3 Å². The fraction of sp³-hybridized carbons (Fsp3) is 0.182. The van der Waals surface area contributed by atoms with E-state index in [1.165, 1.54) is 0 Å². The molecule has 0 aliphatic rings. The molecule has 15 heavy (non-hydrogen) atoms. The third-order valence-corrected chi connectivity index (χ3v) is 2.72. The van der Waals surface area contributed by atoms with Gasteiger partial charge in [-0.2, -0.15) is 5.10 Å². The highest BCUT2D eigenvalue weighted by atomic mass is 35.5. The summed E-state index contributed by atoms with van der Waals surface area (Å²) in [6, 6.07) is 7.68. The Bertz CT molecular complexity index is 411. The van der Waals surface area contributed by atoms with Crippen LogP contribution < -0.4 is 4.74 Å². The molecule has 2 rings (SSSR count). The number of nitrogens with one attached hydrogen (secondary N) is 1. The Hall–Kier alpha value is -1.48. The summed E-state index contributed by atoms with van der Waals surface area (Å²) in [5, 5.41) is 6.44. The lowest BCUT2D eigenvalue weighted by Gasteiger charge is -2.07. The minimum Gasteiger partial charge on any atom is -0.497 e. The Kier molecular flexibility index (Phi) is 2.92. The number of methoxy groups -OCH3 is 1. The number of benzene rings is 1. The first-order chi connectivity index (χ1) is 7.31. The van der Waals surface area contributed by atoms with E-state index in [0.29, 0.717) is 0 Å². The van der Waals surface area contributed by atoms with Crippen LogP contribution >= 0.6 is 11.6 Å². The summed E-state index contributed by atoms with van der Waals surface area (Å²) in [6.45, 7) is 0. The van der Waals surface area contributed by atoms with Crippen LogP contribution in [0.3, 0.4) is 0 Å². The lowest BCUT2D eigenvalue weighted by Crippen LogP contribution is -1.91. The molecule has 0 amide bonds. The van der Waals surface area contributed by atoms with E-state index >= 15 is 0 Å². The summed E-state index contributed by atoms with van der Waals surface area (Å²) in [7, 11) is 1.64. The molecule has 1 unspecified atom stereocenters. The van der Waals surface area contributed by atoms with E-state index in [9.17, 15) is 0 Å². The van der Waals surface area contributed by atoms with Gasteiger partial charge < -0.3 is 4.74 Å². The van der Waals surface area contributed by atoms with Gasteiger partial charge in [0.05, 0.1) is 18.7 Å². The number of aromatic nitrogens is 2. The highest BCUT2D eigenvalue weighted by Crippen LogP contribution is 2.28. The van der Waals surface area contributed by atoms with Crippen LogP contribution in [0.4, 0.5) is 0 Å². The molecular weight excluding hydrogens is 212 g/mol. The van der Waals surface area contributed by atoms with Gasteiger partial charge in [-0.1, -0.05) is 12.1 Å². The van der Waals surface area contributed by atoms with Crippen molar-refractivity contribution in [2.24, 2.45) is 0 Å². The predicted molar refractivity (Wildman–Crippen MR) is 59.3 cm³/mol. The quantitative estimate of drug-likeness (QED) is 0.811. The first-order valence-corrected chi connectivity index (χ1v) is 5.01. The lowest BCUT2D eigenvalue weighted by molar-refractivity contribution is 0.414. The van der Waals surface area contributed by atoms with Crippen molar-refractivity contribution in [1.29, 1.82) is 0 Å². The van der Waals surface area contributed by atoms with Crippen molar-refractivity contribution in [3.63, 3.8) is 0 Å². The zero-order valence-electron chi connectivity index (χ0n) is 8.27. The Balaban J connectivity index is 2.22. The molecule has 4 heteroatoms. The number of hydrogen-bond acceptors (Lipinski definition) is 2. The van der Waals surface area contributed by atoms with Gasteiger partial charge in [0.25, 0.3) is 0 Å². The first-order valence-electron chi connectivity index (χ1n) is 4.58. The standard InChI is InChI=1S/C11H11ClN2O/c1-15-10-4-2-8(3-5-10)11(12)9-6-13-14-7-9/h2-7,11H,1H3,(H,13,14). The van der Waals surface area contributed by atoms with Crippen molar-refractivity contribution in [3.05, 3.63) is 47.8 Å². The van der Waals surface area contributed by atoms with Crippen LogP contribution in [0, 0.1) is 0 Å². The second-order valence-electron chi connectivity index (χ2n) is 3.17. The van der Waals surface area contributed by atoms with Gasteiger partial charge in [0.1, 0.15) is 5.75 Å². The molecule has 0 saturated heterocycles. The predicted octanol–water partition coefficient (Wildman–Crippen LogP) is 2.75. The van der Waals surface area contributed by atoms with Crippen LogP contribution in [0.1, 0.15) is 16.5 Å². The van der Waals surface area contributed by atoms with E-state index in [1.54, 1.807) is 19.5 Å². The van der Waals surface area contributed by atoms with Crippen molar-refractivity contribution in [3.8, 4) is 5.75 Å². The highest BCUT2D eigenvalue weighted by molar-refractivity contribution is 6.22. The number of rotatable bonds is 3. The van der Waals surface area contributed by atoms with Crippen molar-refractivity contribution in [1.82, 2.24) is 10.2 Å². The summed E-state index contributed by atoms with van der Waals surface area (Å²) in [5.74, 6) is 0.829. The fourth-order valence-corrected chi connectivity index (χ4v) is 1.63. The van der Waals surface area contributed by atoms with Gasteiger partial charge in [-0.25, -0.2) is 0 Å². The van der Waals surface area contributed by atoms with Crippen LogP contribution in [0.2, 0.25) is 0 Å². The summed E-state index contributed by atoms with van der Waals surface area (Å²) < 4.78 is 5.08. The van der Waals surface area contributed by atoms with E-state index in [4.69, 9.17) is 16.3 Å². The molecular formula is C11H11ClN2O. The minimum atomic E-state index is -0.172. The number of halogens is 1. The maximum Gasteiger partial charge on any atom is 0.118 e. The van der Waals surface area contributed by atoms with E-state index in [-0.39, 0.29) is 5.38 Å². The van der Waals surface area contributed by atoms with Crippen molar-refractivity contribution in [2.45, 2.75) is 5.38 Å². The van der Waals surface area contributed by atoms with Crippen LogP contribution in [0.5, 0.6) is 5.75 Å². The zero-order chi connectivity index (χ0) is 10.7. The van der Waals surface area contributed by atoms with E-state index in [0.717, 1.165) is 16.9 Å². The topological polar surface area (TPSA) is 37.9 Å². The molecule has 0 radical (unpaired) electrons. The Labute approximate surface area is 93.0 Å². The fourth-order valence-electron chi connectivity index (χ4n) is 1.36. The number of H-pyrrole nitrogens is 1. The zero-order valence-corrected chi connectivity index (χ0v) is 9.03. The molecule has 78 valence electrons. The normalized spacial score (nSPS) is 12.4. The summed E-state index contributed by atoms with van der Waals surface area (Å²) in [5.41, 5.74) is 1.99. The molecule has 0 bridgehead atoms. The molecule has 3 nitrogen and oxygen atoms in total. The number of nitrogens with zero attached hydrogens (tertiary/aromatic N) is 1. The number of alkyl halides is 1. The molecule has 0 aliphatic carbocycles. The van der Waals surface area contributed by atoms with Crippen molar-refractivity contribution >= 4 is 11.6 Å². The molecule has 1 aromatic heterocycles. The number of aromatic amines is 1. The molecule has 1 heterocycles. The van der Waals surface area contributed by atoms with Crippen LogP contribution in [0.15, 0.2) is 36.7 Å². The molecule has 2 aromatic rings. The van der Waals surface area contributed by atoms with Crippen LogP contribution in [0.25, 0.3) is 0 Å². The lowest BCUT2D eigenvalue weighted by atomic mass is 10.1. The number of ether oxygens (including phenoxy) is 1. The molecule has 1 atom stereocenters. The molecule has 0 spiro atoms. The van der Waals surface area contributed by atoms with E-state index < -0.39 is 0 Å². The monoisotopic (exact) mass is 222 g/mol. The molecule has 0 aliphatic heterocycles. The molecule has 0 fully saturated rings. The molecule has 1 N–H and O–H groups in total. The maximum atomic E-state index is 6.27. The second-order valence-corrected chi connectivity index (χ2v) is 3.60. The second kappa shape index (κ2) is 4.36. The van der Waals surface area contributed by atoms with Gasteiger partial charge in [-0.3, -0.25) is 5.10 Å². The first kappa shape index (κ1) is 10.1. The SMILES string of the molecule is COc1ccc(C(Cl)c2cn[nH]c2)cc1. The Morgan fingerprint density at radius 3 is 2.53 bits per heavy atom. The minimum absolute atomic E-state index is 0.172. The van der Waals surface area contributed by atoms with Crippen molar-refractivity contribution < 1.29 is 4.74 Å². The Morgan fingerprint density at radius 2 is 2.00 bits per heavy atom. The third kappa shape index (κ3) is 2.13. The molecule has 1 aromatic carbocycles. The third-order valence-electron chi connectivity index (χ3n) is 2.22. The van der Waals surface area contributed by atoms with E-state index in [2.05, 4.69) is 10.2 Å². The smallest absolute Gasteiger partial charge is 0.118 e. The van der Waals surface area contributed by atoms with Gasteiger partial charge in [-0.15, -0.1) is 11.6 Å². The maximum absolute atomic E-state index is 6.27. The highest BCUT2D eigenvalue weighted by Gasteiger charge is 2.11. The van der Waals surface area contributed by atoms with E-state index in [1.807, 2.05) is 24.3 Å². The van der Waals surface area contributed by atoms with Crippen LogP contribution in [-0.2, 0) is 0 Å². The van der Waals surface area contributed by atoms with Gasteiger partial charge >= 0.3 is 0 Å². The average Bonchev–Trinajstić information content (AvgIpc) is 2.82. The van der Waals surface area contributed by atoms with Gasteiger partial charge in [-0.05, 0) is 17.7 Å². The summed E-state index contributed by atoms with van der Waals surface area (Å²) in [4.78, 5) is 0. The largest absolute Gasteiger partial charge is 0.497 e.